The molecule has 0 bridgehead atoms. The maximum absolute atomic E-state index is 13.7. The number of nitrogens with zero attached hydrogens (tertiary/aromatic N) is 1. The summed E-state index contributed by atoms with van der Waals surface area (Å²) in [7, 11) is 0. The minimum atomic E-state index is -0.328. The third kappa shape index (κ3) is 2.71. The molecule has 0 N–H and O–H groups in total. The summed E-state index contributed by atoms with van der Waals surface area (Å²) < 4.78 is 21.6. The molecule has 0 saturated heterocycles. The molecule has 0 fully saturated rings. The topological polar surface area (TPSA) is 14.2 Å². The van der Waals surface area contributed by atoms with Gasteiger partial charge in [-0.1, -0.05) is 24.3 Å². The monoisotopic (exact) mass is 297 g/mol. The summed E-state index contributed by atoms with van der Waals surface area (Å²) in [5.41, 5.74) is 3.48. The average Bonchev–Trinajstić information content (AvgIpc) is 2.84. The van der Waals surface area contributed by atoms with Crippen LogP contribution in [0.15, 0.2) is 48.5 Å². The zero-order valence-corrected chi connectivity index (χ0v) is 13.1. The van der Waals surface area contributed by atoms with Gasteiger partial charge in [0.15, 0.2) is 11.6 Å². The Kier molecular flexibility index (Phi) is 3.88. The van der Waals surface area contributed by atoms with E-state index in [1.165, 1.54) is 22.5 Å². The van der Waals surface area contributed by atoms with Crippen molar-refractivity contribution in [3.63, 3.8) is 0 Å². The standard InChI is InChI=1S/C19H20FNO/c1-13(2)21-16(11-15-9-8-14(3)10-18(15)21)12-22-19-7-5-4-6-17(19)20/h4-11,13H,12H2,1-3H3. The molecule has 0 amide bonds. The lowest BCUT2D eigenvalue weighted by molar-refractivity contribution is 0.279. The Morgan fingerprint density at radius 3 is 2.59 bits per heavy atom. The van der Waals surface area contributed by atoms with Gasteiger partial charge in [0.2, 0.25) is 0 Å². The number of ether oxygens (including phenoxy) is 1. The summed E-state index contributed by atoms with van der Waals surface area (Å²) in [6.45, 7) is 6.74. The Hall–Kier alpha value is -2.29. The summed E-state index contributed by atoms with van der Waals surface area (Å²) in [4.78, 5) is 0. The number of hydrogen-bond donors (Lipinski definition) is 0. The number of fused-ring (bicyclic) bond motifs is 1. The lowest BCUT2D eigenvalue weighted by atomic mass is 10.2. The number of para-hydroxylation sites is 1. The molecule has 3 aromatic rings. The second kappa shape index (κ2) is 5.84. The Labute approximate surface area is 130 Å². The quantitative estimate of drug-likeness (QED) is 0.641. The SMILES string of the molecule is Cc1ccc2cc(COc3ccccc3F)n(C(C)C)c2c1. The van der Waals surface area contributed by atoms with Crippen molar-refractivity contribution in [3.05, 3.63) is 65.6 Å². The Morgan fingerprint density at radius 1 is 1.09 bits per heavy atom. The first-order valence-corrected chi connectivity index (χ1v) is 7.54. The van der Waals surface area contributed by atoms with Crippen molar-refractivity contribution in [2.45, 2.75) is 33.4 Å². The summed E-state index contributed by atoms with van der Waals surface area (Å²) in [5.74, 6) is -0.0372. The van der Waals surface area contributed by atoms with Gasteiger partial charge in [-0.05, 0) is 50.6 Å². The highest BCUT2D eigenvalue weighted by molar-refractivity contribution is 5.82. The van der Waals surface area contributed by atoms with E-state index in [1.54, 1.807) is 18.2 Å². The van der Waals surface area contributed by atoms with Crippen molar-refractivity contribution in [3.8, 4) is 5.75 Å². The fraction of sp³-hybridized carbons (Fsp3) is 0.263. The summed E-state index contributed by atoms with van der Waals surface area (Å²) in [6, 6.07) is 15.4. The fourth-order valence-electron chi connectivity index (χ4n) is 2.82. The maximum Gasteiger partial charge on any atom is 0.165 e. The van der Waals surface area contributed by atoms with Crippen LogP contribution in [0.5, 0.6) is 5.75 Å². The van der Waals surface area contributed by atoms with Crippen LogP contribution in [0.2, 0.25) is 0 Å². The Bertz CT molecular complexity index is 804. The molecule has 0 saturated carbocycles. The normalized spacial score (nSPS) is 11.3. The number of halogens is 1. The first-order valence-electron chi connectivity index (χ1n) is 7.54. The molecule has 0 unspecified atom stereocenters. The molecule has 0 aliphatic heterocycles. The van der Waals surface area contributed by atoms with Gasteiger partial charge in [0.25, 0.3) is 0 Å². The van der Waals surface area contributed by atoms with E-state index in [9.17, 15) is 4.39 Å². The summed E-state index contributed by atoms with van der Waals surface area (Å²) >= 11 is 0. The van der Waals surface area contributed by atoms with Crippen molar-refractivity contribution in [1.82, 2.24) is 4.57 Å². The molecule has 0 aliphatic carbocycles. The molecule has 0 atom stereocenters. The van der Waals surface area contributed by atoms with E-state index >= 15 is 0 Å². The van der Waals surface area contributed by atoms with Gasteiger partial charge < -0.3 is 9.30 Å². The molecule has 1 aromatic heterocycles. The van der Waals surface area contributed by atoms with Crippen LogP contribution in [0.4, 0.5) is 4.39 Å². The van der Waals surface area contributed by atoms with Crippen LogP contribution in [0.25, 0.3) is 10.9 Å². The minimum Gasteiger partial charge on any atom is -0.484 e. The Morgan fingerprint density at radius 2 is 1.86 bits per heavy atom. The van der Waals surface area contributed by atoms with Gasteiger partial charge in [0.05, 0.1) is 5.69 Å². The number of rotatable bonds is 4. The zero-order valence-electron chi connectivity index (χ0n) is 13.1. The molecule has 3 heteroatoms. The van der Waals surface area contributed by atoms with Crippen LogP contribution < -0.4 is 4.74 Å². The predicted molar refractivity (Wildman–Crippen MR) is 87.8 cm³/mol. The van der Waals surface area contributed by atoms with Crippen LogP contribution in [-0.2, 0) is 6.61 Å². The van der Waals surface area contributed by atoms with Gasteiger partial charge >= 0.3 is 0 Å². The van der Waals surface area contributed by atoms with E-state index in [1.807, 2.05) is 0 Å². The van der Waals surface area contributed by atoms with Crippen molar-refractivity contribution in [2.75, 3.05) is 0 Å². The molecule has 0 spiro atoms. The molecule has 2 nitrogen and oxygen atoms in total. The lowest BCUT2D eigenvalue weighted by Crippen LogP contribution is -2.08. The van der Waals surface area contributed by atoms with Gasteiger partial charge in [-0.2, -0.15) is 0 Å². The largest absolute Gasteiger partial charge is 0.484 e. The van der Waals surface area contributed by atoms with Crippen LogP contribution in [0.3, 0.4) is 0 Å². The van der Waals surface area contributed by atoms with E-state index in [0.717, 1.165) is 5.69 Å². The first kappa shape index (κ1) is 14.6. The fourth-order valence-corrected chi connectivity index (χ4v) is 2.82. The highest BCUT2D eigenvalue weighted by Crippen LogP contribution is 2.26. The van der Waals surface area contributed by atoms with E-state index < -0.39 is 0 Å². The first-order chi connectivity index (χ1) is 10.6. The second-order valence-electron chi connectivity index (χ2n) is 5.88. The third-order valence-corrected chi connectivity index (χ3v) is 3.81. The van der Waals surface area contributed by atoms with Crippen molar-refractivity contribution in [1.29, 1.82) is 0 Å². The third-order valence-electron chi connectivity index (χ3n) is 3.81. The van der Waals surface area contributed by atoms with Gasteiger partial charge in [0, 0.05) is 16.9 Å². The number of benzene rings is 2. The van der Waals surface area contributed by atoms with Crippen LogP contribution in [0, 0.1) is 12.7 Å². The van der Waals surface area contributed by atoms with E-state index in [2.05, 4.69) is 49.6 Å². The molecule has 0 radical (unpaired) electrons. The van der Waals surface area contributed by atoms with E-state index in [0.29, 0.717) is 18.4 Å². The molecule has 2 aromatic carbocycles. The predicted octanol–water partition coefficient (Wildman–Crippen LogP) is 5.25. The van der Waals surface area contributed by atoms with Gasteiger partial charge in [0.1, 0.15) is 6.61 Å². The van der Waals surface area contributed by atoms with E-state index in [4.69, 9.17) is 4.74 Å². The molecule has 22 heavy (non-hydrogen) atoms. The molecule has 0 aliphatic rings. The second-order valence-corrected chi connectivity index (χ2v) is 5.88. The van der Waals surface area contributed by atoms with Crippen molar-refractivity contribution < 1.29 is 9.13 Å². The van der Waals surface area contributed by atoms with E-state index in [-0.39, 0.29) is 5.82 Å². The molecule has 1 heterocycles. The lowest BCUT2D eigenvalue weighted by Gasteiger charge is -2.15. The van der Waals surface area contributed by atoms with Crippen LogP contribution >= 0.6 is 0 Å². The smallest absolute Gasteiger partial charge is 0.165 e. The van der Waals surface area contributed by atoms with Crippen LogP contribution in [0.1, 0.15) is 31.1 Å². The number of hydrogen-bond acceptors (Lipinski definition) is 1. The molecular weight excluding hydrogens is 277 g/mol. The highest BCUT2D eigenvalue weighted by atomic mass is 19.1. The minimum absolute atomic E-state index is 0.291. The average molecular weight is 297 g/mol. The highest BCUT2D eigenvalue weighted by Gasteiger charge is 2.13. The van der Waals surface area contributed by atoms with Gasteiger partial charge in [-0.15, -0.1) is 0 Å². The molecule has 114 valence electrons. The number of aromatic nitrogens is 1. The summed E-state index contributed by atoms with van der Waals surface area (Å²) in [5, 5.41) is 1.19. The van der Waals surface area contributed by atoms with Gasteiger partial charge in [-0.3, -0.25) is 0 Å². The zero-order chi connectivity index (χ0) is 15.7. The molecular formula is C19H20FNO. The van der Waals surface area contributed by atoms with Crippen LogP contribution in [-0.4, -0.2) is 4.57 Å². The van der Waals surface area contributed by atoms with Crippen molar-refractivity contribution in [2.24, 2.45) is 0 Å². The van der Waals surface area contributed by atoms with Crippen molar-refractivity contribution >= 4 is 10.9 Å². The maximum atomic E-state index is 13.7. The van der Waals surface area contributed by atoms with Gasteiger partial charge in [-0.25, -0.2) is 4.39 Å². The summed E-state index contributed by atoms with van der Waals surface area (Å²) in [6.07, 6.45) is 0. The number of aryl methyl sites for hydroxylation is 1. The Balaban J connectivity index is 1.96. The molecule has 3 rings (SSSR count).